The van der Waals surface area contributed by atoms with Gasteiger partial charge in [-0.25, -0.2) is 0 Å². The number of nitrogens with one attached hydrogen (secondary N) is 2. The number of amides is 2. The average Bonchev–Trinajstić information content (AvgIpc) is 2.53. The second kappa shape index (κ2) is 9.62. The van der Waals surface area contributed by atoms with Gasteiger partial charge in [0.15, 0.2) is 0 Å². The van der Waals surface area contributed by atoms with Crippen molar-refractivity contribution in [2.24, 2.45) is 0 Å². The second-order valence-electron chi connectivity index (χ2n) is 5.98. The molecule has 0 aliphatic heterocycles. The van der Waals surface area contributed by atoms with Crippen LogP contribution < -0.4 is 9.44 Å². The largest absolute Gasteiger partial charge is 0.299 e. The lowest BCUT2D eigenvalue weighted by Gasteiger charge is -2.21. The zero-order valence-corrected chi connectivity index (χ0v) is 14.2. The van der Waals surface area contributed by atoms with Gasteiger partial charge >= 0.3 is 0 Å². The Kier molecular flexibility index (Phi) is 7.78. The Labute approximate surface area is 136 Å². The Morgan fingerprint density at radius 1 is 0.714 bits per heavy atom. The van der Waals surface area contributed by atoms with Gasteiger partial charge in [0.1, 0.15) is 6.42 Å². The number of carbonyl (C=O) groups is 2. The van der Waals surface area contributed by atoms with E-state index >= 15 is 0 Å². The summed E-state index contributed by atoms with van der Waals surface area (Å²) >= 11 is 3.01. The fourth-order valence-corrected chi connectivity index (χ4v) is 4.76. The molecule has 0 aromatic heterocycles. The fourth-order valence-electron chi connectivity index (χ4n) is 2.88. The molecular formula is C15H26N2O2S2. The summed E-state index contributed by atoms with van der Waals surface area (Å²) in [6, 6.07) is 0. The maximum atomic E-state index is 11.7. The van der Waals surface area contributed by atoms with Crippen LogP contribution in [0, 0.1) is 0 Å². The quantitative estimate of drug-likeness (QED) is 0.577. The molecule has 0 atom stereocenters. The Morgan fingerprint density at radius 2 is 1.10 bits per heavy atom. The van der Waals surface area contributed by atoms with E-state index in [-0.39, 0.29) is 18.2 Å². The SMILES string of the molecule is O=C(CC(=O)NSC1CCCCC1)NSC1CCCCC1. The topological polar surface area (TPSA) is 58.2 Å². The monoisotopic (exact) mass is 330 g/mol. The number of hydrogen-bond donors (Lipinski definition) is 2. The van der Waals surface area contributed by atoms with E-state index < -0.39 is 0 Å². The summed E-state index contributed by atoms with van der Waals surface area (Å²) in [4.78, 5) is 23.5. The minimum absolute atomic E-state index is 0.0561. The second-order valence-corrected chi connectivity index (χ2v) is 8.20. The predicted octanol–water partition coefficient (Wildman–Crippen LogP) is 3.57. The smallest absolute Gasteiger partial charge is 0.239 e. The molecule has 21 heavy (non-hydrogen) atoms. The van der Waals surface area contributed by atoms with E-state index in [0.717, 1.165) is 0 Å². The van der Waals surface area contributed by atoms with Crippen LogP contribution >= 0.6 is 23.9 Å². The van der Waals surface area contributed by atoms with Crippen molar-refractivity contribution < 1.29 is 9.59 Å². The van der Waals surface area contributed by atoms with Crippen molar-refractivity contribution in [3.8, 4) is 0 Å². The summed E-state index contributed by atoms with van der Waals surface area (Å²) in [5, 5.41) is 1.06. The van der Waals surface area contributed by atoms with E-state index in [2.05, 4.69) is 9.44 Å². The summed E-state index contributed by atoms with van der Waals surface area (Å²) in [7, 11) is 0. The molecule has 2 fully saturated rings. The van der Waals surface area contributed by atoms with Crippen LogP contribution in [0.5, 0.6) is 0 Å². The molecule has 0 bridgehead atoms. The van der Waals surface area contributed by atoms with Crippen LogP contribution in [0.2, 0.25) is 0 Å². The molecule has 0 unspecified atom stereocenters. The minimum Gasteiger partial charge on any atom is -0.299 e. The average molecular weight is 331 g/mol. The van der Waals surface area contributed by atoms with E-state index in [9.17, 15) is 9.59 Å². The molecule has 6 heteroatoms. The fraction of sp³-hybridized carbons (Fsp3) is 0.867. The third kappa shape index (κ3) is 6.96. The van der Waals surface area contributed by atoms with Gasteiger partial charge in [0.05, 0.1) is 0 Å². The van der Waals surface area contributed by atoms with Gasteiger partial charge in [0.2, 0.25) is 11.8 Å². The van der Waals surface area contributed by atoms with E-state index in [1.807, 2.05) is 0 Å². The van der Waals surface area contributed by atoms with Gasteiger partial charge in [-0.15, -0.1) is 0 Å². The number of hydrogen-bond acceptors (Lipinski definition) is 4. The summed E-state index contributed by atoms with van der Waals surface area (Å²) in [5.74, 6) is -0.348. The first-order valence-electron chi connectivity index (χ1n) is 8.13. The summed E-state index contributed by atoms with van der Waals surface area (Å²) in [6.45, 7) is 0. The Hall–Kier alpha value is -0.360. The Balaban J connectivity index is 1.54. The first-order valence-corrected chi connectivity index (χ1v) is 9.89. The highest BCUT2D eigenvalue weighted by atomic mass is 32.2. The first-order chi connectivity index (χ1) is 10.2. The maximum absolute atomic E-state index is 11.7. The first kappa shape index (κ1) is 17.0. The Bertz CT molecular complexity index is 309. The van der Waals surface area contributed by atoms with Crippen molar-refractivity contribution in [1.29, 1.82) is 0 Å². The minimum atomic E-state index is -0.174. The van der Waals surface area contributed by atoms with E-state index in [1.54, 1.807) is 0 Å². The molecule has 0 aromatic carbocycles. The molecule has 120 valence electrons. The summed E-state index contributed by atoms with van der Waals surface area (Å²) < 4.78 is 5.66. The van der Waals surface area contributed by atoms with Crippen LogP contribution in [0.3, 0.4) is 0 Å². The summed E-state index contributed by atoms with van der Waals surface area (Å²) in [5.41, 5.74) is 0. The van der Waals surface area contributed by atoms with Crippen LogP contribution in [-0.2, 0) is 9.59 Å². The lowest BCUT2D eigenvalue weighted by Crippen LogP contribution is -2.28. The number of carbonyl (C=O) groups excluding carboxylic acids is 2. The van der Waals surface area contributed by atoms with Crippen LogP contribution in [0.15, 0.2) is 0 Å². The highest BCUT2D eigenvalue weighted by Gasteiger charge is 2.18. The van der Waals surface area contributed by atoms with Crippen molar-refractivity contribution in [3.63, 3.8) is 0 Å². The van der Waals surface area contributed by atoms with Crippen molar-refractivity contribution in [3.05, 3.63) is 0 Å². The molecule has 4 nitrogen and oxygen atoms in total. The van der Waals surface area contributed by atoms with Gasteiger partial charge in [0.25, 0.3) is 0 Å². The molecule has 0 saturated heterocycles. The zero-order valence-electron chi connectivity index (χ0n) is 12.6. The van der Waals surface area contributed by atoms with Crippen molar-refractivity contribution in [2.45, 2.75) is 81.1 Å². The molecule has 2 saturated carbocycles. The van der Waals surface area contributed by atoms with Gasteiger partial charge < -0.3 is 0 Å². The Morgan fingerprint density at radius 3 is 1.48 bits per heavy atom. The van der Waals surface area contributed by atoms with E-state index in [0.29, 0.717) is 10.5 Å². The van der Waals surface area contributed by atoms with Crippen LogP contribution in [0.1, 0.15) is 70.6 Å². The molecule has 2 aliphatic rings. The molecular weight excluding hydrogens is 304 g/mol. The number of rotatable bonds is 6. The normalized spacial score (nSPS) is 21.0. The van der Waals surface area contributed by atoms with Gasteiger partial charge in [-0.1, -0.05) is 38.5 Å². The van der Waals surface area contributed by atoms with Crippen molar-refractivity contribution in [2.75, 3.05) is 0 Å². The lowest BCUT2D eigenvalue weighted by molar-refractivity contribution is -0.127. The highest BCUT2D eigenvalue weighted by Crippen LogP contribution is 2.27. The van der Waals surface area contributed by atoms with Gasteiger partial charge in [-0.05, 0) is 49.6 Å². The molecule has 2 aliphatic carbocycles. The standard InChI is InChI=1S/C15H26N2O2S2/c18-14(16-20-12-7-3-1-4-8-12)11-15(19)17-21-13-9-5-2-6-10-13/h12-13H,1-11H2,(H,16,18)(H,17,19). The molecule has 2 amide bonds. The zero-order chi connectivity index (χ0) is 14.9. The molecule has 2 N–H and O–H groups in total. The van der Waals surface area contributed by atoms with Crippen molar-refractivity contribution >= 4 is 35.7 Å². The molecule has 0 heterocycles. The molecule has 0 aromatic rings. The predicted molar refractivity (Wildman–Crippen MR) is 89.8 cm³/mol. The van der Waals surface area contributed by atoms with Crippen molar-refractivity contribution in [1.82, 2.24) is 9.44 Å². The van der Waals surface area contributed by atoms with E-state index in [4.69, 9.17) is 0 Å². The maximum Gasteiger partial charge on any atom is 0.239 e. The molecule has 0 spiro atoms. The van der Waals surface area contributed by atoms with Crippen LogP contribution in [-0.4, -0.2) is 22.3 Å². The van der Waals surface area contributed by atoms with Crippen LogP contribution in [0.25, 0.3) is 0 Å². The van der Waals surface area contributed by atoms with Gasteiger partial charge in [-0.2, -0.15) is 0 Å². The van der Waals surface area contributed by atoms with Crippen LogP contribution in [0.4, 0.5) is 0 Å². The summed E-state index contributed by atoms with van der Waals surface area (Å²) in [6.07, 6.45) is 12.3. The highest BCUT2D eigenvalue weighted by molar-refractivity contribution is 7.98. The van der Waals surface area contributed by atoms with Gasteiger partial charge in [-0.3, -0.25) is 19.0 Å². The lowest BCUT2D eigenvalue weighted by atomic mass is 10.0. The van der Waals surface area contributed by atoms with Gasteiger partial charge in [0, 0.05) is 10.5 Å². The van der Waals surface area contributed by atoms with E-state index in [1.165, 1.54) is 88.1 Å². The third-order valence-corrected chi connectivity index (χ3v) is 6.40. The molecule has 2 rings (SSSR count). The molecule has 0 radical (unpaired) electrons. The third-order valence-electron chi connectivity index (χ3n) is 4.10.